The molecule has 0 fully saturated rings. The number of hydrogen-bond acceptors (Lipinski definition) is 6. The molecule has 0 aliphatic carbocycles. The van der Waals surface area contributed by atoms with Crippen molar-refractivity contribution < 1.29 is 49.2 Å². The van der Waals surface area contributed by atoms with Gasteiger partial charge in [0.25, 0.3) is 0 Å². The van der Waals surface area contributed by atoms with Gasteiger partial charge in [0.15, 0.2) is 0 Å². The summed E-state index contributed by atoms with van der Waals surface area (Å²) in [4.78, 5) is 67.9. The number of carboxylic acid groups (broad SMARTS) is 4. The van der Waals surface area contributed by atoms with Gasteiger partial charge < -0.3 is 20.4 Å². The molecule has 2 atom stereocenters. The van der Waals surface area contributed by atoms with Gasteiger partial charge in [-0.25, -0.2) is 0 Å². The number of unbranched alkanes of at least 4 members (excludes halogenated alkanes) is 4. The molecular weight excluding hydrogens is 376 g/mol. The average Bonchev–Trinajstić information content (AvgIpc) is 2.58. The number of ketones is 2. The topological polar surface area (TPSA) is 183 Å². The molecular formula is C18H26O10. The lowest BCUT2D eigenvalue weighted by atomic mass is 9.87. The highest BCUT2D eigenvalue weighted by Crippen LogP contribution is 2.19. The summed E-state index contributed by atoms with van der Waals surface area (Å²) in [5.74, 6) is -10.9. The summed E-state index contributed by atoms with van der Waals surface area (Å²) in [7, 11) is 0. The molecule has 0 aromatic carbocycles. The van der Waals surface area contributed by atoms with Crippen LogP contribution in [-0.4, -0.2) is 55.9 Å². The van der Waals surface area contributed by atoms with Crippen LogP contribution in [-0.2, 0) is 28.8 Å². The highest BCUT2D eigenvalue weighted by Gasteiger charge is 2.37. The SMILES string of the molecule is O=C(O)CCCCCC(C(=O)O)C(=O)C(=O)C(CCCCCC(=O)O)C(=O)O. The fourth-order valence-electron chi connectivity index (χ4n) is 2.68. The van der Waals surface area contributed by atoms with E-state index in [-0.39, 0.29) is 38.5 Å². The number of carbonyl (C=O) groups excluding carboxylic acids is 2. The lowest BCUT2D eigenvalue weighted by Crippen LogP contribution is -2.37. The molecule has 0 saturated carbocycles. The van der Waals surface area contributed by atoms with Crippen molar-refractivity contribution in [2.75, 3.05) is 0 Å². The lowest BCUT2D eigenvalue weighted by Gasteiger charge is -2.14. The Morgan fingerprint density at radius 2 is 0.821 bits per heavy atom. The van der Waals surface area contributed by atoms with E-state index in [9.17, 15) is 39.0 Å². The average molecular weight is 402 g/mol. The number of hydrogen-bond donors (Lipinski definition) is 4. The Hall–Kier alpha value is -2.78. The molecule has 0 aliphatic heterocycles. The number of rotatable bonds is 17. The summed E-state index contributed by atoms with van der Waals surface area (Å²) in [5, 5.41) is 35.4. The number of carboxylic acids is 4. The van der Waals surface area contributed by atoms with Gasteiger partial charge in [-0.05, 0) is 25.7 Å². The number of aliphatic carboxylic acids is 4. The second-order valence-electron chi connectivity index (χ2n) is 6.50. The van der Waals surface area contributed by atoms with E-state index in [1.807, 2.05) is 0 Å². The largest absolute Gasteiger partial charge is 0.481 e. The zero-order valence-corrected chi connectivity index (χ0v) is 15.5. The minimum Gasteiger partial charge on any atom is -0.481 e. The summed E-state index contributed by atoms with van der Waals surface area (Å²) in [6, 6.07) is 0. The maximum Gasteiger partial charge on any atom is 0.314 e. The van der Waals surface area contributed by atoms with Crippen LogP contribution < -0.4 is 0 Å². The quantitative estimate of drug-likeness (QED) is 0.158. The molecule has 10 nitrogen and oxygen atoms in total. The van der Waals surface area contributed by atoms with Gasteiger partial charge in [-0.1, -0.05) is 25.7 Å². The number of carbonyl (C=O) groups is 6. The molecule has 0 rings (SSSR count). The molecule has 0 bridgehead atoms. The first-order valence-electron chi connectivity index (χ1n) is 9.05. The third-order valence-electron chi connectivity index (χ3n) is 4.24. The van der Waals surface area contributed by atoms with E-state index < -0.39 is 47.3 Å². The van der Waals surface area contributed by atoms with Gasteiger partial charge in [0.05, 0.1) is 0 Å². The summed E-state index contributed by atoms with van der Waals surface area (Å²) in [5.41, 5.74) is 0. The monoisotopic (exact) mass is 402 g/mol. The molecule has 0 aromatic heterocycles. The van der Waals surface area contributed by atoms with E-state index in [1.54, 1.807) is 0 Å². The second-order valence-corrected chi connectivity index (χ2v) is 6.50. The minimum absolute atomic E-state index is 0.0897. The van der Waals surface area contributed by atoms with Gasteiger partial charge in [-0.3, -0.25) is 28.8 Å². The van der Waals surface area contributed by atoms with E-state index in [4.69, 9.17) is 10.2 Å². The van der Waals surface area contributed by atoms with Gasteiger partial charge in [0, 0.05) is 12.8 Å². The zero-order valence-electron chi connectivity index (χ0n) is 15.5. The van der Waals surface area contributed by atoms with E-state index in [2.05, 4.69) is 0 Å². The molecule has 10 heteroatoms. The lowest BCUT2D eigenvalue weighted by molar-refractivity contribution is -0.156. The normalized spacial score (nSPS) is 12.7. The van der Waals surface area contributed by atoms with Gasteiger partial charge in [0.1, 0.15) is 11.8 Å². The van der Waals surface area contributed by atoms with Crippen LogP contribution in [0, 0.1) is 11.8 Å². The van der Waals surface area contributed by atoms with Crippen molar-refractivity contribution in [1.82, 2.24) is 0 Å². The molecule has 28 heavy (non-hydrogen) atoms. The Balaban J connectivity index is 4.72. The van der Waals surface area contributed by atoms with Gasteiger partial charge in [-0.2, -0.15) is 0 Å². The van der Waals surface area contributed by atoms with E-state index in [0.29, 0.717) is 25.7 Å². The van der Waals surface area contributed by atoms with Gasteiger partial charge in [-0.15, -0.1) is 0 Å². The fraction of sp³-hybridized carbons (Fsp3) is 0.667. The molecule has 0 amide bonds. The summed E-state index contributed by atoms with van der Waals surface area (Å²) >= 11 is 0. The molecule has 4 N–H and O–H groups in total. The predicted octanol–water partition coefficient (Wildman–Crippen LogP) is 1.60. The minimum atomic E-state index is -1.66. The highest BCUT2D eigenvalue weighted by molar-refractivity contribution is 6.44. The Morgan fingerprint density at radius 3 is 1.07 bits per heavy atom. The van der Waals surface area contributed by atoms with Crippen molar-refractivity contribution in [2.24, 2.45) is 11.8 Å². The van der Waals surface area contributed by atoms with Crippen LogP contribution in [0.15, 0.2) is 0 Å². The van der Waals surface area contributed by atoms with Crippen LogP contribution in [0.5, 0.6) is 0 Å². The first kappa shape index (κ1) is 25.2. The molecule has 0 saturated heterocycles. The van der Waals surface area contributed by atoms with Crippen LogP contribution in [0.1, 0.15) is 64.2 Å². The first-order valence-corrected chi connectivity index (χ1v) is 9.05. The van der Waals surface area contributed by atoms with Crippen molar-refractivity contribution in [1.29, 1.82) is 0 Å². The maximum absolute atomic E-state index is 12.2. The van der Waals surface area contributed by atoms with Crippen molar-refractivity contribution in [3.63, 3.8) is 0 Å². The van der Waals surface area contributed by atoms with E-state index >= 15 is 0 Å². The molecule has 0 aromatic rings. The van der Waals surface area contributed by atoms with Crippen LogP contribution in [0.4, 0.5) is 0 Å². The molecule has 0 heterocycles. The van der Waals surface area contributed by atoms with Crippen LogP contribution in [0.3, 0.4) is 0 Å². The standard InChI is InChI=1S/C18H26O10/c19-13(20)9-5-1-3-7-11(17(25)26)15(23)16(24)12(18(27)28)8-4-2-6-10-14(21)22/h11-12H,1-10H2,(H,19,20)(H,21,22)(H,25,26)(H,27,28). The molecule has 2 unspecified atom stereocenters. The smallest absolute Gasteiger partial charge is 0.314 e. The fourth-order valence-corrected chi connectivity index (χ4v) is 2.68. The van der Waals surface area contributed by atoms with Crippen molar-refractivity contribution in [3.05, 3.63) is 0 Å². The third kappa shape index (κ3) is 10.4. The van der Waals surface area contributed by atoms with Gasteiger partial charge >= 0.3 is 23.9 Å². The highest BCUT2D eigenvalue weighted by atomic mass is 16.4. The van der Waals surface area contributed by atoms with Crippen molar-refractivity contribution in [3.8, 4) is 0 Å². The van der Waals surface area contributed by atoms with Crippen LogP contribution >= 0.6 is 0 Å². The summed E-state index contributed by atoms with van der Waals surface area (Å²) < 4.78 is 0. The molecule has 0 spiro atoms. The van der Waals surface area contributed by atoms with Crippen molar-refractivity contribution in [2.45, 2.75) is 64.2 Å². The van der Waals surface area contributed by atoms with E-state index in [1.165, 1.54) is 0 Å². The van der Waals surface area contributed by atoms with Crippen LogP contribution in [0.25, 0.3) is 0 Å². The van der Waals surface area contributed by atoms with E-state index in [0.717, 1.165) is 0 Å². The maximum atomic E-state index is 12.2. The second kappa shape index (κ2) is 13.4. The Kier molecular flexibility index (Phi) is 12.1. The summed E-state index contributed by atoms with van der Waals surface area (Å²) in [6.45, 7) is 0. The predicted molar refractivity (Wildman–Crippen MR) is 93.7 cm³/mol. The first-order chi connectivity index (χ1) is 13.1. The molecule has 0 aliphatic rings. The zero-order chi connectivity index (χ0) is 21.7. The van der Waals surface area contributed by atoms with Gasteiger partial charge in [0.2, 0.25) is 11.6 Å². The third-order valence-corrected chi connectivity index (χ3v) is 4.24. The van der Waals surface area contributed by atoms with Crippen LogP contribution in [0.2, 0.25) is 0 Å². The Morgan fingerprint density at radius 1 is 0.500 bits per heavy atom. The molecule has 158 valence electrons. The Labute approximate surface area is 161 Å². The molecule has 0 radical (unpaired) electrons. The van der Waals surface area contributed by atoms with Crippen molar-refractivity contribution >= 4 is 35.4 Å². The Bertz CT molecular complexity index is 543. The number of Topliss-reactive ketones (excluding diaryl/α,β-unsaturated/α-hetero) is 2. The summed E-state index contributed by atoms with van der Waals surface area (Å²) in [6.07, 6.45) is 1.24.